The molecule has 0 unspecified atom stereocenters. The van der Waals surface area contributed by atoms with Crippen LogP contribution in [0.2, 0.25) is 10.0 Å². The smallest absolute Gasteiger partial charge is 0.243 e. The number of nitrogens with one attached hydrogen (secondary N) is 1. The lowest BCUT2D eigenvalue weighted by atomic mass is 10.0. The summed E-state index contributed by atoms with van der Waals surface area (Å²) in [5.41, 5.74) is 2.38. The van der Waals surface area contributed by atoms with Crippen LogP contribution < -0.4 is 5.32 Å². The average Bonchev–Trinajstić information content (AvgIpc) is 2.83. The molecule has 0 saturated heterocycles. The number of benzene rings is 3. The van der Waals surface area contributed by atoms with E-state index < -0.39 is 11.6 Å². The second-order valence-electron chi connectivity index (χ2n) is 9.82. The highest BCUT2D eigenvalue weighted by Crippen LogP contribution is 2.25. The molecular weight excluding hydrogens is 591 g/mol. The number of amides is 2. The fourth-order valence-electron chi connectivity index (χ4n) is 3.76. The Morgan fingerprint density at radius 2 is 1.65 bits per heavy atom. The van der Waals surface area contributed by atoms with E-state index in [1.54, 1.807) is 23.1 Å². The molecular formula is C29H31BrCl2N2O2S. The number of halogens is 3. The van der Waals surface area contributed by atoms with E-state index >= 15 is 0 Å². The monoisotopic (exact) mass is 620 g/mol. The summed E-state index contributed by atoms with van der Waals surface area (Å²) in [5.74, 6) is 0.590. The minimum absolute atomic E-state index is 0.127. The van der Waals surface area contributed by atoms with Gasteiger partial charge in [0.05, 0.1) is 5.75 Å². The van der Waals surface area contributed by atoms with Crippen LogP contribution in [0.4, 0.5) is 0 Å². The zero-order valence-corrected chi connectivity index (χ0v) is 25.1. The van der Waals surface area contributed by atoms with Crippen molar-refractivity contribution in [3.63, 3.8) is 0 Å². The van der Waals surface area contributed by atoms with E-state index in [0.717, 1.165) is 21.2 Å². The van der Waals surface area contributed by atoms with Crippen molar-refractivity contribution in [2.45, 2.75) is 51.1 Å². The molecule has 0 radical (unpaired) electrons. The third-order valence-electron chi connectivity index (χ3n) is 5.53. The van der Waals surface area contributed by atoms with Crippen LogP contribution in [0.5, 0.6) is 0 Å². The highest BCUT2D eigenvalue weighted by molar-refractivity contribution is 9.10. The second-order valence-corrected chi connectivity index (χ2v) is 12.6. The van der Waals surface area contributed by atoms with E-state index in [2.05, 4.69) is 21.2 Å². The van der Waals surface area contributed by atoms with E-state index in [9.17, 15) is 9.59 Å². The van der Waals surface area contributed by atoms with Gasteiger partial charge in [0, 0.05) is 38.8 Å². The molecule has 3 rings (SSSR count). The molecule has 0 heterocycles. The first-order chi connectivity index (χ1) is 17.5. The molecule has 3 aromatic carbocycles. The fraction of sp³-hybridized carbons (Fsp3) is 0.310. The molecule has 4 nitrogen and oxygen atoms in total. The van der Waals surface area contributed by atoms with Crippen LogP contribution in [-0.4, -0.2) is 34.0 Å². The third-order valence-corrected chi connectivity index (χ3v) is 7.64. The van der Waals surface area contributed by atoms with Crippen molar-refractivity contribution in [2.24, 2.45) is 0 Å². The van der Waals surface area contributed by atoms with Crippen LogP contribution in [0.3, 0.4) is 0 Å². The molecule has 1 N–H and O–H groups in total. The summed E-state index contributed by atoms with van der Waals surface area (Å²) in [6, 6.07) is 22.3. The first-order valence-electron chi connectivity index (χ1n) is 11.9. The molecule has 0 aromatic heterocycles. The number of carbonyl (C=O) groups excluding carboxylic acids is 2. The van der Waals surface area contributed by atoms with Gasteiger partial charge < -0.3 is 10.2 Å². The summed E-state index contributed by atoms with van der Waals surface area (Å²) >= 11 is 17.6. The van der Waals surface area contributed by atoms with Crippen LogP contribution in [0.25, 0.3) is 0 Å². The number of carbonyl (C=O) groups is 2. The quantitative estimate of drug-likeness (QED) is 0.254. The Hall–Kier alpha value is -1.99. The van der Waals surface area contributed by atoms with Crippen molar-refractivity contribution in [1.29, 1.82) is 0 Å². The van der Waals surface area contributed by atoms with Crippen LogP contribution in [0.15, 0.2) is 77.3 Å². The van der Waals surface area contributed by atoms with Crippen molar-refractivity contribution in [3.05, 3.63) is 104 Å². The molecule has 0 fully saturated rings. The maximum absolute atomic E-state index is 13.7. The van der Waals surface area contributed by atoms with Gasteiger partial charge in [-0.05, 0) is 61.7 Å². The lowest BCUT2D eigenvalue weighted by molar-refractivity contribution is -0.140. The summed E-state index contributed by atoms with van der Waals surface area (Å²) in [6.45, 7) is 5.99. The number of thioether (sulfide) groups is 1. The van der Waals surface area contributed by atoms with E-state index in [1.165, 1.54) is 11.8 Å². The first kappa shape index (κ1) is 29.6. The minimum atomic E-state index is -0.714. The van der Waals surface area contributed by atoms with Gasteiger partial charge in [0.2, 0.25) is 11.8 Å². The van der Waals surface area contributed by atoms with Crippen LogP contribution in [-0.2, 0) is 28.3 Å². The van der Waals surface area contributed by atoms with E-state index in [1.807, 2.05) is 75.4 Å². The van der Waals surface area contributed by atoms with Crippen LogP contribution >= 0.6 is 50.9 Å². The Morgan fingerprint density at radius 1 is 0.973 bits per heavy atom. The SMILES string of the molecule is CC(C)(C)NC(=O)[C@@H](Cc1ccccc1)N(Cc1ccc(Cl)cc1Cl)C(=O)CSCc1ccc(Br)cc1. The molecule has 1 atom stereocenters. The average molecular weight is 622 g/mol. The first-order valence-corrected chi connectivity index (χ1v) is 14.6. The van der Waals surface area contributed by atoms with E-state index in [-0.39, 0.29) is 24.1 Å². The molecule has 0 spiro atoms. The fourth-order valence-corrected chi connectivity index (χ4v) is 5.36. The number of hydrogen-bond donors (Lipinski definition) is 1. The topological polar surface area (TPSA) is 49.4 Å². The van der Waals surface area contributed by atoms with Gasteiger partial charge in [-0.2, -0.15) is 0 Å². The molecule has 0 aliphatic heterocycles. The Morgan fingerprint density at radius 3 is 2.27 bits per heavy atom. The van der Waals surface area contributed by atoms with Gasteiger partial charge >= 0.3 is 0 Å². The molecule has 3 aromatic rings. The summed E-state index contributed by atoms with van der Waals surface area (Å²) < 4.78 is 1.01. The van der Waals surface area contributed by atoms with Gasteiger partial charge in [0.15, 0.2) is 0 Å². The maximum atomic E-state index is 13.7. The molecule has 37 heavy (non-hydrogen) atoms. The Bertz CT molecular complexity index is 1200. The number of hydrogen-bond acceptors (Lipinski definition) is 3. The predicted octanol–water partition coefficient (Wildman–Crippen LogP) is 7.54. The maximum Gasteiger partial charge on any atom is 0.243 e. The zero-order valence-electron chi connectivity index (χ0n) is 21.1. The Kier molecular flexibility index (Phi) is 10.9. The summed E-state index contributed by atoms with van der Waals surface area (Å²) in [7, 11) is 0. The molecule has 0 aliphatic carbocycles. The van der Waals surface area contributed by atoms with Gasteiger partial charge in [0.1, 0.15) is 6.04 Å². The highest BCUT2D eigenvalue weighted by Gasteiger charge is 2.32. The largest absolute Gasteiger partial charge is 0.350 e. The standard InChI is InChI=1S/C29H31BrCl2N2O2S/c1-29(2,3)33-28(36)26(15-20-7-5-4-6-8-20)34(17-22-11-14-24(31)16-25(22)32)27(35)19-37-18-21-9-12-23(30)13-10-21/h4-14,16,26H,15,17-19H2,1-3H3,(H,33,36)/t26-/m1/s1. The van der Waals surface area contributed by atoms with E-state index in [0.29, 0.717) is 22.2 Å². The van der Waals surface area contributed by atoms with Crippen molar-refractivity contribution in [2.75, 3.05) is 5.75 Å². The van der Waals surface area contributed by atoms with Gasteiger partial charge in [-0.15, -0.1) is 11.8 Å². The zero-order chi connectivity index (χ0) is 27.0. The molecule has 0 bridgehead atoms. The van der Waals surface area contributed by atoms with Crippen molar-refractivity contribution in [3.8, 4) is 0 Å². The van der Waals surface area contributed by atoms with Gasteiger partial charge in [-0.25, -0.2) is 0 Å². The van der Waals surface area contributed by atoms with Crippen LogP contribution in [0, 0.1) is 0 Å². The van der Waals surface area contributed by atoms with Crippen molar-refractivity contribution < 1.29 is 9.59 Å². The van der Waals surface area contributed by atoms with Crippen molar-refractivity contribution in [1.82, 2.24) is 10.2 Å². The van der Waals surface area contributed by atoms with Gasteiger partial charge in [-0.3, -0.25) is 9.59 Å². The number of nitrogens with zero attached hydrogens (tertiary/aromatic N) is 1. The van der Waals surface area contributed by atoms with Gasteiger partial charge in [-0.1, -0.05) is 87.7 Å². The van der Waals surface area contributed by atoms with Crippen molar-refractivity contribution >= 4 is 62.7 Å². The summed E-state index contributed by atoms with van der Waals surface area (Å²) in [6.07, 6.45) is 0.386. The van der Waals surface area contributed by atoms with E-state index in [4.69, 9.17) is 23.2 Å². The predicted molar refractivity (Wildman–Crippen MR) is 159 cm³/mol. The third kappa shape index (κ3) is 9.68. The van der Waals surface area contributed by atoms with Crippen LogP contribution in [0.1, 0.15) is 37.5 Å². The molecule has 2 amide bonds. The second kappa shape index (κ2) is 13.7. The lowest BCUT2D eigenvalue weighted by Crippen LogP contribution is -2.54. The summed E-state index contributed by atoms with van der Waals surface area (Å²) in [5, 5.41) is 4.05. The Balaban J connectivity index is 1.89. The molecule has 8 heteroatoms. The summed E-state index contributed by atoms with van der Waals surface area (Å²) in [4.78, 5) is 29.0. The minimum Gasteiger partial charge on any atom is -0.350 e. The highest BCUT2D eigenvalue weighted by atomic mass is 79.9. The molecule has 0 aliphatic rings. The number of rotatable bonds is 10. The molecule has 0 saturated carbocycles. The Labute approximate surface area is 242 Å². The normalized spacial score (nSPS) is 12.2. The van der Waals surface area contributed by atoms with Gasteiger partial charge in [0.25, 0.3) is 0 Å². The lowest BCUT2D eigenvalue weighted by Gasteiger charge is -2.34. The molecule has 196 valence electrons.